The number of phenols is 1. The molecular formula is C14H19NO4. The molecular weight excluding hydrogens is 246 g/mol. The molecule has 0 aromatic heterocycles. The van der Waals surface area contributed by atoms with Crippen molar-refractivity contribution in [1.29, 1.82) is 0 Å². The van der Waals surface area contributed by atoms with E-state index in [4.69, 9.17) is 9.84 Å². The van der Waals surface area contributed by atoms with Crippen LogP contribution in [-0.2, 0) is 4.74 Å². The average Bonchev–Trinajstić information content (AvgIpc) is 2.27. The van der Waals surface area contributed by atoms with E-state index >= 15 is 0 Å². The van der Waals surface area contributed by atoms with Gasteiger partial charge in [0.05, 0.1) is 12.3 Å². The first-order chi connectivity index (χ1) is 8.81. The van der Waals surface area contributed by atoms with Gasteiger partial charge < -0.3 is 14.9 Å². The number of carbonyl (C=O) groups is 1. The SMILES string of the molecule is CC(C)(C)OC(=O)Nc1ccc(/C=C/CO)cc1O. The number of aromatic hydroxyl groups is 1. The zero-order valence-corrected chi connectivity index (χ0v) is 11.3. The molecule has 0 radical (unpaired) electrons. The summed E-state index contributed by atoms with van der Waals surface area (Å²) < 4.78 is 5.08. The number of anilines is 1. The summed E-state index contributed by atoms with van der Waals surface area (Å²) in [5, 5.41) is 20.9. The maximum Gasteiger partial charge on any atom is 0.412 e. The van der Waals surface area contributed by atoms with Gasteiger partial charge in [-0.2, -0.15) is 0 Å². The minimum absolute atomic E-state index is 0.0639. The lowest BCUT2D eigenvalue weighted by atomic mass is 10.1. The standard InChI is InChI=1S/C14H19NO4/c1-14(2,3)19-13(18)15-11-7-6-10(5-4-8-16)9-12(11)17/h4-7,9,16-17H,8H2,1-3H3,(H,15,18)/b5-4+. The van der Waals surface area contributed by atoms with Crippen molar-refractivity contribution >= 4 is 17.9 Å². The molecule has 0 saturated heterocycles. The van der Waals surface area contributed by atoms with Crippen LogP contribution in [0.4, 0.5) is 10.5 Å². The molecule has 5 nitrogen and oxygen atoms in total. The van der Waals surface area contributed by atoms with Crippen LogP contribution in [0.25, 0.3) is 6.08 Å². The Morgan fingerprint density at radius 3 is 2.63 bits per heavy atom. The quantitative estimate of drug-likeness (QED) is 0.734. The van der Waals surface area contributed by atoms with Crippen molar-refractivity contribution in [2.24, 2.45) is 0 Å². The number of amides is 1. The molecule has 0 aliphatic carbocycles. The third-order valence-corrected chi connectivity index (χ3v) is 2.07. The Morgan fingerprint density at radius 2 is 2.11 bits per heavy atom. The van der Waals surface area contributed by atoms with Gasteiger partial charge in [-0.25, -0.2) is 4.79 Å². The number of aliphatic hydroxyl groups is 1. The van der Waals surface area contributed by atoms with Gasteiger partial charge in [-0.1, -0.05) is 18.2 Å². The lowest BCUT2D eigenvalue weighted by molar-refractivity contribution is 0.0635. The number of rotatable bonds is 3. The summed E-state index contributed by atoms with van der Waals surface area (Å²) >= 11 is 0. The summed E-state index contributed by atoms with van der Waals surface area (Å²) in [6.07, 6.45) is 2.59. The Balaban J connectivity index is 2.75. The molecule has 0 fully saturated rings. The largest absolute Gasteiger partial charge is 0.506 e. The van der Waals surface area contributed by atoms with E-state index in [2.05, 4.69) is 5.32 Å². The van der Waals surface area contributed by atoms with Gasteiger partial charge in [-0.05, 0) is 38.5 Å². The molecule has 0 unspecified atom stereocenters. The second-order valence-corrected chi connectivity index (χ2v) is 4.99. The monoisotopic (exact) mass is 265 g/mol. The molecule has 1 rings (SSSR count). The number of ether oxygens (including phenoxy) is 1. The minimum Gasteiger partial charge on any atom is -0.506 e. The van der Waals surface area contributed by atoms with Gasteiger partial charge in [0.1, 0.15) is 11.4 Å². The normalized spacial score (nSPS) is 11.6. The van der Waals surface area contributed by atoms with Gasteiger partial charge in [0.2, 0.25) is 0 Å². The molecule has 0 spiro atoms. The maximum absolute atomic E-state index is 11.5. The first kappa shape index (κ1) is 15.0. The molecule has 0 aliphatic heterocycles. The highest BCUT2D eigenvalue weighted by Gasteiger charge is 2.17. The van der Waals surface area contributed by atoms with Gasteiger partial charge >= 0.3 is 6.09 Å². The van der Waals surface area contributed by atoms with Crippen LogP contribution in [0.1, 0.15) is 26.3 Å². The molecule has 1 aromatic carbocycles. The van der Waals surface area contributed by atoms with Crippen LogP contribution in [0.3, 0.4) is 0 Å². The third-order valence-electron chi connectivity index (χ3n) is 2.07. The summed E-state index contributed by atoms with van der Waals surface area (Å²) in [5.74, 6) is -0.0639. The second-order valence-electron chi connectivity index (χ2n) is 4.99. The second kappa shape index (κ2) is 6.24. The van der Waals surface area contributed by atoms with E-state index in [1.165, 1.54) is 6.07 Å². The van der Waals surface area contributed by atoms with Crippen molar-refractivity contribution in [1.82, 2.24) is 0 Å². The van der Waals surface area contributed by atoms with Crippen molar-refractivity contribution in [3.8, 4) is 5.75 Å². The highest BCUT2D eigenvalue weighted by molar-refractivity contribution is 5.87. The molecule has 1 aromatic rings. The summed E-state index contributed by atoms with van der Waals surface area (Å²) in [6, 6.07) is 4.76. The topological polar surface area (TPSA) is 78.8 Å². The van der Waals surface area contributed by atoms with Gasteiger partial charge in [0, 0.05) is 0 Å². The number of hydrogen-bond acceptors (Lipinski definition) is 4. The number of benzene rings is 1. The number of carbonyl (C=O) groups excluding carboxylic acids is 1. The smallest absolute Gasteiger partial charge is 0.412 e. The molecule has 19 heavy (non-hydrogen) atoms. The molecule has 0 atom stereocenters. The van der Waals surface area contributed by atoms with Crippen molar-refractivity contribution in [2.45, 2.75) is 26.4 Å². The Hall–Kier alpha value is -2.01. The summed E-state index contributed by atoms with van der Waals surface area (Å²) in [6.45, 7) is 5.21. The van der Waals surface area contributed by atoms with Gasteiger partial charge in [-0.15, -0.1) is 0 Å². The molecule has 3 N–H and O–H groups in total. The average molecular weight is 265 g/mol. The Morgan fingerprint density at radius 1 is 1.42 bits per heavy atom. The Labute approximate surface area is 112 Å². The van der Waals surface area contributed by atoms with Crippen molar-refractivity contribution in [2.75, 3.05) is 11.9 Å². The van der Waals surface area contributed by atoms with Crippen molar-refractivity contribution < 1.29 is 19.7 Å². The van der Waals surface area contributed by atoms with E-state index < -0.39 is 11.7 Å². The van der Waals surface area contributed by atoms with Crippen LogP contribution in [0.15, 0.2) is 24.3 Å². The van der Waals surface area contributed by atoms with Gasteiger partial charge in [-0.3, -0.25) is 5.32 Å². The van der Waals surface area contributed by atoms with E-state index in [0.717, 1.165) is 5.56 Å². The predicted molar refractivity (Wildman–Crippen MR) is 74.1 cm³/mol. The fourth-order valence-electron chi connectivity index (χ4n) is 1.36. The lowest BCUT2D eigenvalue weighted by Gasteiger charge is -2.20. The molecule has 0 bridgehead atoms. The van der Waals surface area contributed by atoms with Crippen molar-refractivity contribution in [3.05, 3.63) is 29.8 Å². The summed E-state index contributed by atoms with van der Waals surface area (Å²) in [5.41, 5.74) is 0.403. The number of aliphatic hydroxyl groups excluding tert-OH is 1. The minimum atomic E-state index is -0.624. The fourth-order valence-corrected chi connectivity index (χ4v) is 1.36. The fraction of sp³-hybridized carbons (Fsp3) is 0.357. The van der Waals surface area contributed by atoms with E-state index in [9.17, 15) is 9.90 Å². The first-order valence-electron chi connectivity index (χ1n) is 5.92. The zero-order valence-electron chi connectivity index (χ0n) is 11.3. The van der Waals surface area contributed by atoms with Crippen molar-refractivity contribution in [3.63, 3.8) is 0 Å². The van der Waals surface area contributed by atoms with Crippen LogP contribution in [0.5, 0.6) is 5.75 Å². The molecule has 104 valence electrons. The third kappa shape index (κ3) is 5.44. The van der Waals surface area contributed by atoms with E-state index in [1.807, 2.05) is 0 Å². The highest BCUT2D eigenvalue weighted by atomic mass is 16.6. The van der Waals surface area contributed by atoms with Crippen LogP contribution in [0, 0.1) is 0 Å². The van der Waals surface area contributed by atoms with E-state index in [1.54, 1.807) is 45.1 Å². The Kier molecular flexibility index (Phi) is 4.94. The van der Waals surface area contributed by atoms with Crippen LogP contribution < -0.4 is 5.32 Å². The molecule has 0 heterocycles. The summed E-state index contributed by atoms with van der Waals surface area (Å²) in [7, 11) is 0. The molecule has 5 heteroatoms. The van der Waals surface area contributed by atoms with Gasteiger partial charge in [0.15, 0.2) is 0 Å². The number of hydrogen-bond donors (Lipinski definition) is 3. The molecule has 0 saturated carbocycles. The van der Waals surface area contributed by atoms with Gasteiger partial charge in [0.25, 0.3) is 0 Å². The molecule has 1 amide bonds. The predicted octanol–water partition coefficient (Wildman–Crippen LogP) is 2.74. The molecule has 0 aliphatic rings. The highest BCUT2D eigenvalue weighted by Crippen LogP contribution is 2.25. The zero-order chi connectivity index (χ0) is 14.5. The first-order valence-corrected chi connectivity index (χ1v) is 5.92. The van der Waals surface area contributed by atoms with Crippen LogP contribution in [-0.4, -0.2) is 28.5 Å². The Bertz CT molecular complexity index is 475. The van der Waals surface area contributed by atoms with Crippen LogP contribution in [0.2, 0.25) is 0 Å². The maximum atomic E-state index is 11.5. The van der Waals surface area contributed by atoms with E-state index in [0.29, 0.717) is 0 Å². The summed E-state index contributed by atoms with van der Waals surface area (Å²) in [4.78, 5) is 11.5. The number of phenolic OH excluding ortho intramolecular Hbond substituents is 1. The lowest BCUT2D eigenvalue weighted by Crippen LogP contribution is -2.27. The van der Waals surface area contributed by atoms with E-state index in [-0.39, 0.29) is 18.0 Å². The number of nitrogens with one attached hydrogen (secondary N) is 1. The van der Waals surface area contributed by atoms with Crippen LogP contribution >= 0.6 is 0 Å².